The summed E-state index contributed by atoms with van der Waals surface area (Å²) in [4.78, 5) is 0. The SMILES string of the molecule is COCC[N+]([O-])(CCOC)CCOC. The number of hydrogen-bond acceptors (Lipinski definition) is 4. The van der Waals surface area contributed by atoms with Crippen molar-refractivity contribution in [3.8, 4) is 0 Å². The second-order valence-electron chi connectivity index (χ2n) is 3.21. The zero-order chi connectivity index (χ0) is 10.9. The highest BCUT2D eigenvalue weighted by Crippen LogP contribution is 2.03. The average Bonchev–Trinajstić information content (AvgIpc) is 2.21. The number of nitrogens with zero attached hydrogens (tertiary/aromatic N) is 1. The smallest absolute Gasteiger partial charge is 0.102 e. The number of rotatable bonds is 9. The Balaban J connectivity index is 3.89. The summed E-state index contributed by atoms with van der Waals surface area (Å²) >= 11 is 0. The molecule has 5 heteroatoms. The lowest BCUT2D eigenvalue weighted by atomic mass is 10.4. The Morgan fingerprint density at radius 1 is 0.786 bits per heavy atom. The molecule has 0 bridgehead atoms. The van der Waals surface area contributed by atoms with Crippen LogP contribution < -0.4 is 0 Å². The van der Waals surface area contributed by atoms with Crippen LogP contribution in [0.4, 0.5) is 0 Å². The number of hydrogen-bond donors (Lipinski definition) is 0. The standard InChI is InChI=1S/C9H21NO4/c1-12-7-4-10(11,5-8-13-2)6-9-14-3/h4-9H2,1-3H3. The van der Waals surface area contributed by atoms with Gasteiger partial charge in [-0.3, -0.25) is 0 Å². The fourth-order valence-electron chi connectivity index (χ4n) is 1.11. The first-order valence-electron chi connectivity index (χ1n) is 4.72. The van der Waals surface area contributed by atoms with Gasteiger partial charge in [-0.25, -0.2) is 0 Å². The summed E-state index contributed by atoms with van der Waals surface area (Å²) in [7, 11) is 4.78. The van der Waals surface area contributed by atoms with Crippen molar-refractivity contribution >= 4 is 0 Å². The fourth-order valence-corrected chi connectivity index (χ4v) is 1.11. The first kappa shape index (κ1) is 13.8. The minimum atomic E-state index is -0.310. The van der Waals surface area contributed by atoms with Crippen LogP contribution >= 0.6 is 0 Å². The third kappa shape index (κ3) is 6.28. The van der Waals surface area contributed by atoms with Crippen LogP contribution in [0.25, 0.3) is 0 Å². The Hall–Kier alpha value is -0.200. The van der Waals surface area contributed by atoms with Crippen LogP contribution in [0.5, 0.6) is 0 Å². The van der Waals surface area contributed by atoms with E-state index in [0.717, 1.165) is 0 Å². The number of methoxy groups -OCH3 is 3. The van der Waals surface area contributed by atoms with Gasteiger partial charge in [0.05, 0.1) is 19.8 Å². The lowest BCUT2D eigenvalue weighted by Gasteiger charge is -2.42. The molecule has 0 atom stereocenters. The third-order valence-electron chi connectivity index (χ3n) is 2.11. The van der Waals surface area contributed by atoms with Crippen molar-refractivity contribution < 1.29 is 18.9 Å². The van der Waals surface area contributed by atoms with Gasteiger partial charge in [0, 0.05) is 21.3 Å². The maximum Gasteiger partial charge on any atom is 0.102 e. The van der Waals surface area contributed by atoms with Gasteiger partial charge in [0.25, 0.3) is 0 Å². The molecule has 0 aromatic carbocycles. The summed E-state index contributed by atoms with van der Waals surface area (Å²) in [5.74, 6) is 0. The molecule has 0 fully saturated rings. The minimum absolute atomic E-state index is 0.310. The van der Waals surface area contributed by atoms with Crippen LogP contribution in [0.2, 0.25) is 0 Å². The molecule has 0 aliphatic heterocycles. The van der Waals surface area contributed by atoms with Crippen LogP contribution in [0.1, 0.15) is 0 Å². The van der Waals surface area contributed by atoms with E-state index in [9.17, 15) is 5.21 Å². The van der Waals surface area contributed by atoms with Crippen molar-refractivity contribution in [1.82, 2.24) is 0 Å². The zero-order valence-corrected chi connectivity index (χ0v) is 9.32. The molecule has 86 valence electrons. The van der Waals surface area contributed by atoms with E-state index in [1.165, 1.54) is 0 Å². The minimum Gasteiger partial charge on any atom is -0.633 e. The summed E-state index contributed by atoms with van der Waals surface area (Å²) in [5.41, 5.74) is 0. The molecule has 0 N–H and O–H groups in total. The van der Waals surface area contributed by atoms with E-state index in [0.29, 0.717) is 39.5 Å². The molecule has 0 saturated carbocycles. The van der Waals surface area contributed by atoms with E-state index in [-0.39, 0.29) is 4.65 Å². The first-order chi connectivity index (χ1) is 6.68. The normalized spacial score (nSPS) is 12.0. The molecule has 5 nitrogen and oxygen atoms in total. The number of quaternary nitrogens is 1. The van der Waals surface area contributed by atoms with Crippen molar-refractivity contribution in [2.75, 3.05) is 60.8 Å². The van der Waals surface area contributed by atoms with E-state index in [1.54, 1.807) is 21.3 Å². The molecule has 0 saturated heterocycles. The van der Waals surface area contributed by atoms with E-state index >= 15 is 0 Å². The Bertz CT molecular complexity index is 110. The Labute approximate surface area is 85.7 Å². The third-order valence-corrected chi connectivity index (χ3v) is 2.11. The molecule has 0 heterocycles. The van der Waals surface area contributed by atoms with Crippen LogP contribution in [0.3, 0.4) is 0 Å². The fraction of sp³-hybridized carbons (Fsp3) is 1.00. The molecule has 14 heavy (non-hydrogen) atoms. The van der Waals surface area contributed by atoms with Crippen LogP contribution in [0.15, 0.2) is 0 Å². The van der Waals surface area contributed by atoms with Crippen molar-refractivity contribution in [2.24, 2.45) is 0 Å². The van der Waals surface area contributed by atoms with E-state index < -0.39 is 0 Å². The molecule has 0 aromatic rings. The molecule has 0 unspecified atom stereocenters. The van der Waals surface area contributed by atoms with Crippen LogP contribution in [0, 0.1) is 5.21 Å². The van der Waals surface area contributed by atoms with Gasteiger partial charge < -0.3 is 24.1 Å². The molecule has 0 spiro atoms. The van der Waals surface area contributed by atoms with Gasteiger partial charge in [0.1, 0.15) is 19.6 Å². The molecular formula is C9H21NO4. The molecule has 0 aliphatic rings. The quantitative estimate of drug-likeness (QED) is 0.401. The first-order valence-corrected chi connectivity index (χ1v) is 4.72. The highest BCUT2D eigenvalue weighted by atomic mass is 16.6. The van der Waals surface area contributed by atoms with Gasteiger partial charge in [-0.15, -0.1) is 0 Å². The average molecular weight is 207 g/mol. The van der Waals surface area contributed by atoms with Crippen molar-refractivity contribution in [2.45, 2.75) is 0 Å². The van der Waals surface area contributed by atoms with Crippen LogP contribution in [-0.2, 0) is 14.2 Å². The van der Waals surface area contributed by atoms with Gasteiger partial charge >= 0.3 is 0 Å². The van der Waals surface area contributed by atoms with Gasteiger partial charge in [0.2, 0.25) is 0 Å². The number of ether oxygens (including phenoxy) is 3. The molecule has 0 aromatic heterocycles. The summed E-state index contributed by atoms with van der Waals surface area (Å²) < 4.78 is 14.4. The highest BCUT2D eigenvalue weighted by Gasteiger charge is 2.15. The molecule has 0 amide bonds. The lowest BCUT2D eigenvalue weighted by Crippen LogP contribution is -2.48. The molecule has 0 rings (SSSR count). The second kappa shape index (κ2) is 8.14. The molecule has 0 aliphatic carbocycles. The van der Waals surface area contributed by atoms with Gasteiger partial charge in [0.15, 0.2) is 0 Å². The largest absolute Gasteiger partial charge is 0.633 e. The zero-order valence-electron chi connectivity index (χ0n) is 9.32. The Morgan fingerprint density at radius 2 is 1.07 bits per heavy atom. The highest BCUT2D eigenvalue weighted by molar-refractivity contribution is 4.44. The predicted molar refractivity (Wildman–Crippen MR) is 53.9 cm³/mol. The predicted octanol–water partition coefficient (Wildman–Crippen LogP) is 0.240. The van der Waals surface area contributed by atoms with Crippen LogP contribution in [-0.4, -0.2) is 65.4 Å². The van der Waals surface area contributed by atoms with Crippen molar-refractivity contribution in [3.05, 3.63) is 5.21 Å². The number of hydroxylamine groups is 3. The van der Waals surface area contributed by atoms with E-state index in [4.69, 9.17) is 14.2 Å². The Morgan fingerprint density at radius 3 is 1.29 bits per heavy atom. The van der Waals surface area contributed by atoms with Crippen molar-refractivity contribution in [1.29, 1.82) is 0 Å². The molecular weight excluding hydrogens is 186 g/mol. The van der Waals surface area contributed by atoms with Gasteiger partial charge in [-0.2, -0.15) is 0 Å². The van der Waals surface area contributed by atoms with Gasteiger partial charge in [-0.1, -0.05) is 0 Å². The second-order valence-corrected chi connectivity index (χ2v) is 3.21. The summed E-state index contributed by atoms with van der Waals surface area (Å²) in [5, 5.41) is 12.1. The summed E-state index contributed by atoms with van der Waals surface area (Å²) in [6.45, 7) is 2.75. The van der Waals surface area contributed by atoms with Crippen molar-refractivity contribution in [3.63, 3.8) is 0 Å². The maximum atomic E-state index is 12.1. The van der Waals surface area contributed by atoms with E-state index in [2.05, 4.69) is 0 Å². The maximum absolute atomic E-state index is 12.1. The lowest BCUT2D eigenvalue weighted by molar-refractivity contribution is -0.881. The topological polar surface area (TPSA) is 50.8 Å². The monoisotopic (exact) mass is 207 g/mol. The summed E-state index contributed by atoms with van der Waals surface area (Å²) in [6, 6.07) is 0. The van der Waals surface area contributed by atoms with E-state index in [1.807, 2.05) is 0 Å². The summed E-state index contributed by atoms with van der Waals surface area (Å²) in [6.07, 6.45) is 0. The Kier molecular flexibility index (Phi) is 8.02. The van der Waals surface area contributed by atoms with Gasteiger partial charge in [-0.05, 0) is 0 Å². The molecule has 0 radical (unpaired) electrons.